The Hall–Kier alpha value is -1.35. The zero-order valence-electron chi connectivity index (χ0n) is 25.1. The van der Waals surface area contributed by atoms with E-state index in [1.807, 2.05) is 36.4 Å². The third kappa shape index (κ3) is 5.86. The molecule has 8 unspecified atom stereocenters. The molecule has 3 fully saturated rings. The fraction of sp³-hybridized carbons (Fsp3) is 0.694. The van der Waals surface area contributed by atoms with Crippen LogP contribution in [0, 0.1) is 46.3 Å². The van der Waals surface area contributed by atoms with E-state index in [4.69, 9.17) is 4.74 Å². The van der Waals surface area contributed by atoms with Gasteiger partial charge >= 0.3 is 5.97 Å². The molecule has 39 heavy (non-hydrogen) atoms. The number of hydrogen-bond donors (Lipinski definition) is 0. The van der Waals surface area contributed by atoms with Gasteiger partial charge in [-0.25, -0.2) is 4.79 Å². The number of ether oxygens (including phenoxy) is 1. The van der Waals surface area contributed by atoms with Gasteiger partial charge in [-0.05, 0) is 119 Å². The summed E-state index contributed by atoms with van der Waals surface area (Å²) in [5.41, 5.74) is 3.40. The van der Waals surface area contributed by atoms with Crippen molar-refractivity contribution in [3.63, 3.8) is 0 Å². The standard InChI is InChI=1S/C36H51BrO2/c1-24(2)10-9-11-25(3)30-16-17-31-29-15-14-27-23-28(18-20-35(27,4)32(29)19-21-36(30,31)5)39-34(38)33(37)22-26-12-7-6-8-13-26/h6-8,12-14,22,24-25,28-32H,9-11,15-21,23H2,1-5H3/b33-22+. The molecular weight excluding hydrogens is 544 g/mol. The van der Waals surface area contributed by atoms with Crippen LogP contribution >= 0.6 is 15.9 Å². The van der Waals surface area contributed by atoms with E-state index in [2.05, 4.69) is 56.6 Å². The first-order valence-corrected chi connectivity index (χ1v) is 16.7. The van der Waals surface area contributed by atoms with Crippen molar-refractivity contribution in [3.8, 4) is 0 Å². The van der Waals surface area contributed by atoms with Crippen LogP contribution in [0.3, 0.4) is 0 Å². The van der Waals surface area contributed by atoms with Gasteiger partial charge in [0.05, 0.1) is 0 Å². The van der Waals surface area contributed by atoms with Gasteiger partial charge in [0.25, 0.3) is 0 Å². The van der Waals surface area contributed by atoms with E-state index in [-0.39, 0.29) is 17.5 Å². The van der Waals surface area contributed by atoms with Gasteiger partial charge in [0.2, 0.25) is 0 Å². The predicted molar refractivity (Wildman–Crippen MR) is 166 cm³/mol. The lowest BCUT2D eigenvalue weighted by Gasteiger charge is -2.58. The summed E-state index contributed by atoms with van der Waals surface area (Å²) >= 11 is 3.47. The molecule has 0 radical (unpaired) electrons. The lowest BCUT2D eigenvalue weighted by Crippen LogP contribution is -2.51. The first kappa shape index (κ1) is 29.2. The smallest absolute Gasteiger partial charge is 0.345 e. The van der Waals surface area contributed by atoms with Gasteiger partial charge in [-0.3, -0.25) is 0 Å². The minimum atomic E-state index is -0.241. The molecule has 0 aliphatic heterocycles. The second-order valence-electron chi connectivity index (χ2n) is 14.5. The fourth-order valence-electron chi connectivity index (χ4n) is 9.71. The van der Waals surface area contributed by atoms with E-state index in [1.165, 1.54) is 51.4 Å². The van der Waals surface area contributed by atoms with E-state index >= 15 is 0 Å². The molecule has 0 saturated heterocycles. The Labute approximate surface area is 246 Å². The first-order chi connectivity index (χ1) is 18.6. The van der Waals surface area contributed by atoms with Crippen molar-refractivity contribution in [2.24, 2.45) is 46.3 Å². The van der Waals surface area contributed by atoms with Crippen molar-refractivity contribution in [1.29, 1.82) is 0 Å². The molecular formula is C36H51BrO2. The number of halogens is 1. The van der Waals surface area contributed by atoms with Crippen LogP contribution in [0.25, 0.3) is 6.08 Å². The summed E-state index contributed by atoms with van der Waals surface area (Å²) in [5, 5.41) is 0. The number of benzene rings is 1. The Balaban J connectivity index is 1.23. The highest BCUT2D eigenvalue weighted by molar-refractivity contribution is 9.12. The number of esters is 1. The molecule has 3 heteroatoms. The highest BCUT2D eigenvalue weighted by Gasteiger charge is 2.59. The topological polar surface area (TPSA) is 26.3 Å². The Morgan fingerprint density at radius 3 is 2.54 bits per heavy atom. The predicted octanol–water partition coefficient (Wildman–Crippen LogP) is 10.4. The third-order valence-electron chi connectivity index (χ3n) is 11.8. The van der Waals surface area contributed by atoms with Crippen LogP contribution in [0.1, 0.15) is 111 Å². The molecule has 8 atom stereocenters. The lowest BCUT2D eigenvalue weighted by molar-refractivity contribution is -0.145. The third-order valence-corrected chi connectivity index (χ3v) is 12.4. The Kier molecular flexibility index (Phi) is 8.87. The average molecular weight is 596 g/mol. The van der Waals surface area contributed by atoms with E-state index < -0.39 is 0 Å². The second-order valence-corrected chi connectivity index (χ2v) is 15.3. The van der Waals surface area contributed by atoms with Gasteiger partial charge in [-0.1, -0.05) is 95.9 Å². The van der Waals surface area contributed by atoms with Crippen molar-refractivity contribution in [3.05, 3.63) is 52.0 Å². The second kappa shape index (κ2) is 11.9. The molecule has 214 valence electrons. The Morgan fingerprint density at radius 2 is 1.79 bits per heavy atom. The summed E-state index contributed by atoms with van der Waals surface area (Å²) in [6, 6.07) is 9.95. The maximum Gasteiger partial charge on any atom is 0.345 e. The lowest BCUT2D eigenvalue weighted by atomic mass is 9.47. The number of hydrogen-bond acceptors (Lipinski definition) is 2. The van der Waals surface area contributed by atoms with Crippen LogP contribution in [0.15, 0.2) is 46.5 Å². The highest BCUT2D eigenvalue weighted by Crippen LogP contribution is 2.67. The zero-order chi connectivity index (χ0) is 27.8. The van der Waals surface area contributed by atoms with Crippen molar-refractivity contribution in [2.45, 2.75) is 111 Å². The molecule has 0 amide bonds. The maximum absolute atomic E-state index is 12.9. The molecule has 1 aromatic rings. The van der Waals surface area contributed by atoms with Crippen molar-refractivity contribution < 1.29 is 9.53 Å². The fourth-order valence-corrected chi connectivity index (χ4v) is 10.1. The van der Waals surface area contributed by atoms with Crippen molar-refractivity contribution in [1.82, 2.24) is 0 Å². The van der Waals surface area contributed by atoms with Gasteiger partial charge in [-0.2, -0.15) is 0 Å². The van der Waals surface area contributed by atoms with Crippen LogP contribution in [0.2, 0.25) is 0 Å². The van der Waals surface area contributed by atoms with Crippen LogP contribution < -0.4 is 0 Å². The average Bonchev–Trinajstić information content (AvgIpc) is 3.26. The minimum Gasteiger partial charge on any atom is -0.458 e. The summed E-state index contributed by atoms with van der Waals surface area (Å²) < 4.78 is 6.53. The maximum atomic E-state index is 12.9. The summed E-state index contributed by atoms with van der Waals surface area (Å²) in [7, 11) is 0. The highest BCUT2D eigenvalue weighted by atomic mass is 79.9. The monoisotopic (exact) mass is 594 g/mol. The summed E-state index contributed by atoms with van der Waals surface area (Å²) in [5.74, 6) is 4.88. The normalized spacial score (nSPS) is 36.9. The molecule has 4 aliphatic carbocycles. The summed E-state index contributed by atoms with van der Waals surface area (Å²) in [4.78, 5) is 12.9. The molecule has 5 rings (SSSR count). The largest absolute Gasteiger partial charge is 0.458 e. The van der Waals surface area contributed by atoms with Crippen molar-refractivity contribution in [2.75, 3.05) is 0 Å². The molecule has 0 bridgehead atoms. The minimum absolute atomic E-state index is 0.0125. The van der Waals surface area contributed by atoms with Gasteiger partial charge in [-0.15, -0.1) is 0 Å². The van der Waals surface area contributed by atoms with Crippen LogP contribution in [0.4, 0.5) is 0 Å². The Bertz CT molecular complexity index is 1070. The summed E-state index contributed by atoms with van der Waals surface area (Å²) in [6.45, 7) is 12.5. The van der Waals surface area contributed by atoms with Gasteiger partial charge in [0, 0.05) is 6.42 Å². The molecule has 4 aliphatic rings. The number of carbonyl (C=O) groups excluding carboxylic acids is 1. The van der Waals surface area contributed by atoms with Crippen LogP contribution in [0.5, 0.6) is 0 Å². The number of allylic oxidation sites excluding steroid dienone is 1. The number of fused-ring (bicyclic) bond motifs is 5. The van der Waals surface area contributed by atoms with Crippen LogP contribution in [-0.4, -0.2) is 12.1 Å². The van der Waals surface area contributed by atoms with E-state index in [0.717, 1.165) is 60.3 Å². The molecule has 0 N–H and O–H groups in total. The first-order valence-electron chi connectivity index (χ1n) is 15.9. The quantitative estimate of drug-likeness (QED) is 0.170. The molecule has 0 spiro atoms. The Morgan fingerprint density at radius 1 is 1.03 bits per heavy atom. The number of rotatable bonds is 8. The summed E-state index contributed by atoms with van der Waals surface area (Å²) in [6.07, 6.45) is 18.6. The van der Waals surface area contributed by atoms with Gasteiger partial charge < -0.3 is 4.74 Å². The molecule has 0 heterocycles. The van der Waals surface area contributed by atoms with Gasteiger partial charge in [0.1, 0.15) is 10.6 Å². The van der Waals surface area contributed by atoms with Gasteiger partial charge in [0.15, 0.2) is 0 Å². The van der Waals surface area contributed by atoms with E-state index in [1.54, 1.807) is 5.57 Å². The van der Waals surface area contributed by atoms with E-state index in [9.17, 15) is 4.79 Å². The van der Waals surface area contributed by atoms with E-state index in [0.29, 0.717) is 9.90 Å². The van der Waals surface area contributed by atoms with Crippen molar-refractivity contribution >= 4 is 28.0 Å². The molecule has 3 saturated carbocycles. The zero-order valence-corrected chi connectivity index (χ0v) is 26.6. The van der Waals surface area contributed by atoms with Crippen LogP contribution in [-0.2, 0) is 9.53 Å². The molecule has 1 aromatic carbocycles. The SMILES string of the molecule is CC(C)CCCC(C)C1CCC2C3CC=C4CC(OC(=O)/C(Br)=C\c5ccccc5)CCC4(C)C3CCC12C. The number of carbonyl (C=O) groups is 1. The molecule has 0 aromatic heterocycles. The molecule has 2 nitrogen and oxygen atoms in total.